The average molecular weight is 441 g/mol. The lowest BCUT2D eigenvalue weighted by molar-refractivity contribution is -0.136. The molecule has 0 saturated carbocycles. The summed E-state index contributed by atoms with van der Waals surface area (Å²) < 4.78 is -0.0714. The first-order valence-corrected chi connectivity index (χ1v) is 12.9. The lowest BCUT2D eigenvalue weighted by Gasteiger charge is -2.43. The van der Waals surface area contributed by atoms with Crippen molar-refractivity contribution in [3.05, 3.63) is 70.3 Å². The molecule has 0 unspecified atom stereocenters. The van der Waals surface area contributed by atoms with Gasteiger partial charge in [-0.05, 0) is 57.9 Å². The van der Waals surface area contributed by atoms with E-state index in [1.807, 2.05) is 23.5 Å². The van der Waals surface area contributed by atoms with E-state index in [1.54, 1.807) is 0 Å². The van der Waals surface area contributed by atoms with Crippen molar-refractivity contribution in [2.24, 2.45) is 0 Å². The summed E-state index contributed by atoms with van der Waals surface area (Å²) in [5.41, 5.74) is 7.28. The lowest BCUT2D eigenvalue weighted by Crippen LogP contribution is -2.34. The van der Waals surface area contributed by atoms with Crippen LogP contribution in [0.3, 0.4) is 0 Å². The van der Waals surface area contributed by atoms with Gasteiger partial charge in [-0.2, -0.15) is 0 Å². The second kappa shape index (κ2) is 7.94. The van der Waals surface area contributed by atoms with Crippen LogP contribution < -0.4 is 0 Å². The molecule has 0 bridgehead atoms. The summed E-state index contributed by atoms with van der Waals surface area (Å²) >= 11 is 4.08. The van der Waals surface area contributed by atoms with Crippen molar-refractivity contribution in [2.45, 2.75) is 68.3 Å². The molecule has 4 rings (SSSR count). The molecule has 4 heteroatoms. The second-order valence-electron chi connectivity index (χ2n) is 9.93. The quantitative estimate of drug-likeness (QED) is 0.559. The summed E-state index contributed by atoms with van der Waals surface area (Å²) in [7, 11) is 0. The molecule has 160 valence electrons. The number of fused-ring (bicyclic) bond motifs is 1. The minimum Gasteiger partial charge on any atom is -0.481 e. The van der Waals surface area contributed by atoms with Crippen molar-refractivity contribution in [3.63, 3.8) is 0 Å². The highest BCUT2D eigenvalue weighted by atomic mass is 32.2. The number of benzene rings is 2. The normalized spacial score (nSPS) is 21.2. The molecule has 0 amide bonds. The molecular formula is C26H32O2S2. The van der Waals surface area contributed by atoms with Crippen molar-refractivity contribution in [1.82, 2.24) is 0 Å². The molecule has 2 aliphatic rings. The van der Waals surface area contributed by atoms with Crippen molar-refractivity contribution in [2.75, 3.05) is 11.5 Å². The van der Waals surface area contributed by atoms with Gasteiger partial charge in [-0.1, -0.05) is 70.2 Å². The smallest absolute Gasteiger partial charge is 0.303 e. The maximum absolute atomic E-state index is 10.9. The van der Waals surface area contributed by atoms with Gasteiger partial charge >= 0.3 is 5.97 Å². The van der Waals surface area contributed by atoms with Gasteiger partial charge < -0.3 is 5.11 Å². The Labute approximate surface area is 189 Å². The Kier molecular flexibility index (Phi) is 5.78. The van der Waals surface area contributed by atoms with Crippen LogP contribution in [0.15, 0.2) is 42.5 Å². The summed E-state index contributed by atoms with van der Waals surface area (Å²) in [5.74, 6) is 1.56. The molecule has 1 saturated heterocycles. The van der Waals surface area contributed by atoms with Crippen LogP contribution in [-0.4, -0.2) is 22.6 Å². The number of thioether (sulfide) groups is 2. The standard InChI is InChI=1S/C26H32O2S2/c1-24(2)13-14-25(3,4)22-17-20(10-11-21(22)24)26(29-15-16-30-26)19-8-5-18(6-9-19)7-12-23(27)28/h5-6,8-11,17H,7,12-16H2,1-4H3,(H,27,28). The van der Waals surface area contributed by atoms with E-state index < -0.39 is 5.97 Å². The van der Waals surface area contributed by atoms with E-state index in [2.05, 4.69) is 70.2 Å². The SMILES string of the molecule is CC1(C)CCC(C)(C)c2cc(C3(c4ccc(CCC(=O)O)cc4)SCCS3)ccc21. The van der Waals surface area contributed by atoms with Gasteiger partial charge in [-0.3, -0.25) is 4.79 Å². The summed E-state index contributed by atoms with van der Waals surface area (Å²) in [6, 6.07) is 15.9. The van der Waals surface area contributed by atoms with Crippen molar-refractivity contribution >= 4 is 29.5 Å². The third-order valence-corrected chi connectivity index (χ3v) is 10.4. The Morgan fingerprint density at radius 2 is 1.43 bits per heavy atom. The fourth-order valence-corrected chi connectivity index (χ4v) is 8.12. The number of aryl methyl sites for hydroxylation is 1. The highest BCUT2D eigenvalue weighted by Crippen LogP contribution is 2.57. The van der Waals surface area contributed by atoms with Crippen LogP contribution >= 0.6 is 23.5 Å². The minimum absolute atomic E-state index is 0.0714. The molecule has 0 spiro atoms. The van der Waals surface area contributed by atoms with Crippen LogP contribution in [0.2, 0.25) is 0 Å². The Bertz CT molecular complexity index is 938. The maximum Gasteiger partial charge on any atom is 0.303 e. The van der Waals surface area contributed by atoms with E-state index in [0.717, 1.165) is 17.1 Å². The monoisotopic (exact) mass is 440 g/mol. The molecule has 30 heavy (non-hydrogen) atoms. The largest absolute Gasteiger partial charge is 0.481 e. The van der Waals surface area contributed by atoms with Crippen molar-refractivity contribution in [1.29, 1.82) is 0 Å². The first kappa shape index (κ1) is 21.8. The highest BCUT2D eigenvalue weighted by Gasteiger charge is 2.42. The highest BCUT2D eigenvalue weighted by molar-refractivity contribution is 8.20. The molecule has 2 aromatic carbocycles. The van der Waals surface area contributed by atoms with Crippen LogP contribution in [0.4, 0.5) is 0 Å². The van der Waals surface area contributed by atoms with Gasteiger partial charge in [0.15, 0.2) is 0 Å². The molecule has 1 heterocycles. The van der Waals surface area contributed by atoms with Crippen LogP contribution in [-0.2, 0) is 26.1 Å². The lowest BCUT2D eigenvalue weighted by atomic mass is 9.63. The number of aliphatic carboxylic acids is 1. The van der Waals surface area contributed by atoms with E-state index in [0.29, 0.717) is 6.42 Å². The molecule has 0 radical (unpaired) electrons. The van der Waals surface area contributed by atoms with Crippen molar-refractivity contribution in [3.8, 4) is 0 Å². The van der Waals surface area contributed by atoms with Crippen LogP contribution in [0.1, 0.15) is 74.8 Å². The van der Waals surface area contributed by atoms with Gasteiger partial charge in [0.1, 0.15) is 4.08 Å². The fraction of sp³-hybridized carbons (Fsp3) is 0.500. The Hall–Kier alpha value is -1.39. The summed E-state index contributed by atoms with van der Waals surface area (Å²) in [6.07, 6.45) is 3.23. The summed E-state index contributed by atoms with van der Waals surface area (Å²) in [4.78, 5) is 10.9. The molecule has 1 aliphatic carbocycles. The van der Waals surface area contributed by atoms with Gasteiger partial charge in [-0.15, -0.1) is 23.5 Å². The number of rotatable bonds is 5. The molecule has 1 aliphatic heterocycles. The van der Waals surface area contributed by atoms with Crippen LogP contribution in [0.5, 0.6) is 0 Å². The van der Waals surface area contributed by atoms with E-state index in [4.69, 9.17) is 5.11 Å². The number of hydrogen-bond acceptors (Lipinski definition) is 3. The molecule has 2 aromatic rings. The number of hydrogen-bond donors (Lipinski definition) is 1. The number of carboxylic acid groups (broad SMARTS) is 1. The van der Waals surface area contributed by atoms with E-state index >= 15 is 0 Å². The van der Waals surface area contributed by atoms with Crippen molar-refractivity contribution < 1.29 is 9.90 Å². The van der Waals surface area contributed by atoms with Gasteiger partial charge in [-0.25, -0.2) is 0 Å². The summed E-state index contributed by atoms with van der Waals surface area (Å²) in [5, 5.41) is 8.96. The molecule has 0 atom stereocenters. The zero-order valence-corrected chi connectivity index (χ0v) is 20.1. The van der Waals surface area contributed by atoms with Gasteiger partial charge in [0.2, 0.25) is 0 Å². The Morgan fingerprint density at radius 3 is 2.03 bits per heavy atom. The predicted octanol–water partition coefficient (Wildman–Crippen LogP) is 6.73. The molecule has 2 nitrogen and oxygen atoms in total. The Balaban J connectivity index is 1.74. The Morgan fingerprint density at radius 1 is 0.867 bits per heavy atom. The number of carboxylic acids is 1. The first-order valence-electron chi connectivity index (χ1n) is 10.9. The molecule has 1 fully saturated rings. The molecule has 1 N–H and O–H groups in total. The zero-order chi connectivity index (χ0) is 21.6. The molecule has 0 aromatic heterocycles. The van der Waals surface area contributed by atoms with Gasteiger partial charge in [0, 0.05) is 17.9 Å². The fourth-order valence-electron chi connectivity index (χ4n) is 4.85. The first-order chi connectivity index (χ1) is 14.1. The van der Waals surface area contributed by atoms with Crippen LogP contribution in [0.25, 0.3) is 0 Å². The van der Waals surface area contributed by atoms with E-state index in [1.165, 1.54) is 35.1 Å². The third kappa shape index (κ3) is 3.93. The average Bonchev–Trinajstić information content (AvgIpc) is 3.21. The number of carbonyl (C=O) groups is 1. The second-order valence-corrected chi connectivity index (χ2v) is 12.8. The molecular weight excluding hydrogens is 408 g/mol. The topological polar surface area (TPSA) is 37.3 Å². The van der Waals surface area contributed by atoms with Gasteiger partial charge in [0.05, 0.1) is 0 Å². The van der Waals surface area contributed by atoms with E-state index in [9.17, 15) is 4.79 Å². The van der Waals surface area contributed by atoms with Crippen LogP contribution in [0, 0.1) is 0 Å². The maximum atomic E-state index is 10.9. The minimum atomic E-state index is -0.739. The zero-order valence-electron chi connectivity index (χ0n) is 18.5. The predicted molar refractivity (Wildman–Crippen MR) is 130 cm³/mol. The van der Waals surface area contributed by atoms with E-state index in [-0.39, 0.29) is 21.3 Å². The summed E-state index contributed by atoms with van der Waals surface area (Å²) in [6.45, 7) is 9.55. The third-order valence-electron chi connectivity index (χ3n) is 6.89. The van der Waals surface area contributed by atoms with Gasteiger partial charge in [0.25, 0.3) is 0 Å².